The second-order valence-electron chi connectivity index (χ2n) is 7.71. The van der Waals surface area contributed by atoms with Crippen LogP contribution in [0.25, 0.3) is 22.3 Å². The third-order valence-electron chi connectivity index (χ3n) is 5.67. The van der Waals surface area contributed by atoms with Crippen LogP contribution in [0.3, 0.4) is 0 Å². The Hall–Kier alpha value is -3.74. The summed E-state index contributed by atoms with van der Waals surface area (Å²) < 4.78 is 0. The molecule has 0 atom stereocenters. The van der Waals surface area contributed by atoms with Crippen molar-refractivity contribution in [3.63, 3.8) is 0 Å². The van der Waals surface area contributed by atoms with Gasteiger partial charge in [-0.2, -0.15) is 0 Å². The van der Waals surface area contributed by atoms with Crippen molar-refractivity contribution in [2.24, 2.45) is 0 Å². The van der Waals surface area contributed by atoms with Crippen molar-refractivity contribution < 1.29 is 4.79 Å². The normalized spacial score (nSPS) is 13.6. The number of carbonyl (C=O) groups excluding carboxylic acids is 1. The fourth-order valence-corrected chi connectivity index (χ4v) is 4.05. The number of rotatable bonds is 6. The number of carbonyl (C=O) groups is 1. The summed E-state index contributed by atoms with van der Waals surface area (Å²) in [5, 5.41) is 4.21. The molecule has 0 aliphatic carbocycles. The van der Waals surface area contributed by atoms with Crippen molar-refractivity contribution in [3.8, 4) is 11.4 Å². The van der Waals surface area contributed by atoms with Crippen molar-refractivity contribution in [1.82, 2.24) is 25.3 Å². The smallest absolute Gasteiger partial charge is 0.255 e. The standard InChI is InChI=1S/C24H24N6O/c31-23(26-12-10-17-15-27-20-8-2-1-7-18(17)20)19-16-28-24(30-13-5-6-14-30)29-22(19)21-9-3-4-11-25-21/h1-4,7-9,11,15-16,27H,5-6,10,12-14H2,(H,26,31). The molecule has 1 fully saturated rings. The Morgan fingerprint density at radius 1 is 1.06 bits per heavy atom. The molecule has 7 nitrogen and oxygen atoms in total. The second kappa shape index (κ2) is 8.55. The third-order valence-corrected chi connectivity index (χ3v) is 5.67. The number of pyridine rings is 1. The highest BCUT2D eigenvalue weighted by molar-refractivity contribution is 5.99. The van der Waals surface area contributed by atoms with Gasteiger partial charge < -0.3 is 15.2 Å². The van der Waals surface area contributed by atoms with Crippen LogP contribution < -0.4 is 10.2 Å². The second-order valence-corrected chi connectivity index (χ2v) is 7.71. The summed E-state index contributed by atoms with van der Waals surface area (Å²) in [6.45, 7) is 2.41. The Labute approximate surface area is 180 Å². The minimum atomic E-state index is -0.187. The van der Waals surface area contributed by atoms with E-state index in [1.54, 1.807) is 12.4 Å². The number of aromatic amines is 1. The molecule has 1 saturated heterocycles. The Bertz CT molecular complexity index is 1200. The number of anilines is 1. The molecule has 1 aromatic carbocycles. The van der Waals surface area contributed by atoms with E-state index in [1.807, 2.05) is 36.5 Å². The first kappa shape index (κ1) is 19.2. The fraction of sp³-hybridized carbons (Fsp3) is 0.250. The van der Waals surface area contributed by atoms with Crippen molar-refractivity contribution in [3.05, 3.63) is 72.2 Å². The molecule has 31 heavy (non-hydrogen) atoms. The Kier molecular flexibility index (Phi) is 5.31. The van der Waals surface area contributed by atoms with Crippen LogP contribution in [0, 0.1) is 0 Å². The monoisotopic (exact) mass is 412 g/mol. The zero-order valence-electron chi connectivity index (χ0n) is 17.2. The molecule has 2 N–H and O–H groups in total. The molecule has 0 bridgehead atoms. The predicted molar refractivity (Wildman–Crippen MR) is 121 cm³/mol. The summed E-state index contributed by atoms with van der Waals surface area (Å²) in [7, 11) is 0. The number of amides is 1. The van der Waals surface area contributed by atoms with Crippen molar-refractivity contribution in [1.29, 1.82) is 0 Å². The zero-order chi connectivity index (χ0) is 21.0. The summed E-state index contributed by atoms with van der Waals surface area (Å²) in [4.78, 5) is 32.1. The lowest BCUT2D eigenvalue weighted by Crippen LogP contribution is -2.27. The number of para-hydroxylation sites is 1. The number of hydrogen-bond donors (Lipinski definition) is 2. The van der Waals surface area contributed by atoms with Crippen LogP contribution in [0.15, 0.2) is 61.1 Å². The summed E-state index contributed by atoms with van der Waals surface area (Å²) in [6, 6.07) is 13.8. The molecule has 4 heterocycles. The quantitative estimate of drug-likeness (QED) is 0.505. The summed E-state index contributed by atoms with van der Waals surface area (Å²) in [5.41, 5.74) is 3.98. The van der Waals surface area contributed by atoms with Gasteiger partial charge >= 0.3 is 0 Å². The molecule has 0 saturated carbocycles. The van der Waals surface area contributed by atoms with E-state index in [2.05, 4.69) is 37.3 Å². The summed E-state index contributed by atoms with van der Waals surface area (Å²) in [5.74, 6) is 0.474. The van der Waals surface area contributed by atoms with Crippen LogP contribution in [-0.4, -0.2) is 45.5 Å². The molecule has 5 rings (SSSR count). The topological polar surface area (TPSA) is 86.8 Å². The summed E-state index contributed by atoms with van der Waals surface area (Å²) >= 11 is 0. The maximum Gasteiger partial charge on any atom is 0.255 e. The van der Waals surface area contributed by atoms with Gasteiger partial charge in [0.15, 0.2) is 0 Å². The lowest BCUT2D eigenvalue weighted by Gasteiger charge is -2.17. The van der Waals surface area contributed by atoms with E-state index in [1.165, 1.54) is 10.9 Å². The molecular formula is C24H24N6O. The van der Waals surface area contributed by atoms with E-state index in [4.69, 9.17) is 4.98 Å². The largest absolute Gasteiger partial charge is 0.361 e. The van der Waals surface area contributed by atoms with Gasteiger partial charge in [-0.25, -0.2) is 9.97 Å². The Balaban J connectivity index is 1.36. The van der Waals surface area contributed by atoms with Gasteiger partial charge in [0.2, 0.25) is 5.95 Å². The number of benzene rings is 1. The first-order valence-electron chi connectivity index (χ1n) is 10.7. The van der Waals surface area contributed by atoms with Crippen molar-refractivity contribution in [2.75, 3.05) is 24.5 Å². The highest BCUT2D eigenvalue weighted by Crippen LogP contribution is 2.24. The van der Waals surface area contributed by atoms with Crippen LogP contribution in [-0.2, 0) is 6.42 Å². The first-order valence-corrected chi connectivity index (χ1v) is 10.7. The number of nitrogens with one attached hydrogen (secondary N) is 2. The molecule has 4 aromatic rings. The van der Waals surface area contributed by atoms with Crippen LogP contribution in [0.1, 0.15) is 28.8 Å². The van der Waals surface area contributed by atoms with Gasteiger partial charge in [0.1, 0.15) is 5.69 Å². The number of aromatic nitrogens is 4. The van der Waals surface area contributed by atoms with Gasteiger partial charge in [0.25, 0.3) is 5.91 Å². The van der Waals surface area contributed by atoms with Crippen molar-refractivity contribution in [2.45, 2.75) is 19.3 Å². The van der Waals surface area contributed by atoms with E-state index in [0.29, 0.717) is 29.4 Å². The van der Waals surface area contributed by atoms with E-state index in [-0.39, 0.29) is 5.91 Å². The Morgan fingerprint density at radius 3 is 2.74 bits per heavy atom. The van der Waals surface area contributed by atoms with Crippen LogP contribution in [0.2, 0.25) is 0 Å². The predicted octanol–water partition coefficient (Wildman–Crippen LogP) is 3.59. The highest BCUT2D eigenvalue weighted by Gasteiger charge is 2.21. The summed E-state index contributed by atoms with van der Waals surface area (Å²) in [6.07, 6.45) is 8.36. The van der Waals surface area contributed by atoms with Crippen LogP contribution in [0.4, 0.5) is 5.95 Å². The average Bonchev–Trinajstić information content (AvgIpc) is 3.50. The molecule has 1 amide bonds. The molecule has 156 valence electrons. The maximum absolute atomic E-state index is 13.0. The van der Waals surface area contributed by atoms with E-state index in [0.717, 1.165) is 37.9 Å². The van der Waals surface area contributed by atoms with E-state index >= 15 is 0 Å². The van der Waals surface area contributed by atoms with Crippen LogP contribution in [0.5, 0.6) is 0 Å². The number of H-pyrrole nitrogens is 1. The lowest BCUT2D eigenvalue weighted by atomic mass is 10.1. The van der Waals surface area contributed by atoms with Gasteiger partial charge in [-0.05, 0) is 43.0 Å². The van der Waals surface area contributed by atoms with Crippen LogP contribution >= 0.6 is 0 Å². The van der Waals surface area contributed by atoms with Crippen molar-refractivity contribution >= 4 is 22.8 Å². The molecule has 1 aliphatic heterocycles. The fourth-order valence-electron chi connectivity index (χ4n) is 4.05. The number of nitrogens with zero attached hydrogens (tertiary/aromatic N) is 4. The number of fused-ring (bicyclic) bond motifs is 1. The van der Waals surface area contributed by atoms with Gasteiger partial charge in [0.05, 0.1) is 11.3 Å². The first-order chi connectivity index (χ1) is 15.3. The van der Waals surface area contributed by atoms with Gasteiger partial charge in [-0.3, -0.25) is 9.78 Å². The SMILES string of the molecule is O=C(NCCc1c[nH]c2ccccc12)c1cnc(N2CCCC2)nc1-c1ccccn1. The average molecular weight is 412 g/mol. The molecule has 1 aliphatic rings. The maximum atomic E-state index is 13.0. The van der Waals surface area contributed by atoms with Gasteiger partial charge in [0, 0.05) is 49.1 Å². The molecule has 0 radical (unpaired) electrons. The molecule has 3 aromatic heterocycles. The minimum Gasteiger partial charge on any atom is -0.361 e. The van der Waals surface area contributed by atoms with Gasteiger partial charge in [-0.15, -0.1) is 0 Å². The Morgan fingerprint density at radius 2 is 1.90 bits per heavy atom. The molecular weight excluding hydrogens is 388 g/mol. The molecule has 7 heteroatoms. The number of hydrogen-bond acceptors (Lipinski definition) is 5. The molecule has 0 unspecified atom stereocenters. The van der Waals surface area contributed by atoms with Gasteiger partial charge in [-0.1, -0.05) is 24.3 Å². The molecule has 0 spiro atoms. The lowest BCUT2D eigenvalue weighted by molar-refractivity contribution is 0.0954. The minimum absolute atomic E-state index is 0.187. The highest BCUT2D eigenvalue weighted by atomic mass is 16.1. The van der Waals surface area contributed by atoms with E-state index < -0.39 is 0 Å². The third kappa shape index (κ3) is 3.99. The van der Waals surface area contributed by atoms with E-state index in [9.17, 15) is 4.79 Å². The zero-order valence-corrected chi connectivity index (χ0v) is 17.2.